The van der Waals surface area contributed by atoms with Crippen LogP contribution in [-0.2, 0) is 0 Å². The summed E-state index contributed by atoms with van der Waals surface area (Å²) >= 11 is 0. The fourth-order valence-electron chi connectivity index (χ4n) is 2.44. The third kappa shape index (κ3) is 2.15. The van der Waals surface area contributed by atoms with Gasteiger partial charge in [0.15, 0.2) is 0 Å². The van der Waals surface area contributed by atoms with Gasteiger partial charge in [-0.1, -0.05) is 48.5 Å². The SMILES string of the molecule is Cc1cc(C=O)ccc1-c1ccc2ccccc2c1. The third-order valence-electron chi connectivity index (χ3n) is 3.45. The first-order valence-electron chi connectivity index (χ1n) is 6.33. The van der Waals surface area contributed by atoms with Crippen molar-refractivity contribution in [1.29, 1.82) is 0 Å². The molecule has 0 radical (unpaired) electrons. The molecule has 3 rings (SSSR count). The van der Waals surface area contributed by atoms with Crippen molar-refractivity contribution in [3.05, 3.63) is 71.8 Å². The number of carbonyl (C=O) groups is 1. The number of benzene rings is 3. The Labute approximate surface area is 112 Å². The molecule has 0 aromatic heterocycles. The lowest BCUT2D eigenvalue weighted by atomic mass is 9.96. The largest absolute Gasteiger partial charge is 0.298 e. The summed E-state index contributed by atoms with van der Waals surface area (Å²) in [6.07, 6.45) is 0.886. The van der Waals surface area contributed by atoms with Crippen LogP contribution in [-0.4, -0.2) is 6.29 Å². The molecule has 0 bridgehead atoms. The van der Waals surface area contributed by atoms with Gasteiger partial charge in [0.2, 0.25) is 0 Å². The molecule has 0 fully saturated rings. The molecule has 1 heteroatoms. The Kier molecular flexibility index (Phi) is 2.88. The zero-order valence-corrected chi connectivity index (χ0v) is 10.8. The summed E-state index contributed by atoms with van der Waals surface area (Å²) in [5, 5.41) is 2.48. The van der Waals surface area contributed by atoms with Crippen LogP contribution >= 0.6 is 0 Å². The topological polar surface area (TPSA) is 17.1 Å². The van der Waals surface area contributed by atoms with Gasteiger partial charge in [0.1, 0.15) is 6.29 Å². The average Bonchev–Trinajstić information content (AvgIpc) is 2.46. The summed E-state index contributed by atoms with van der Waals surface area (Å²) in [5.74, 6) is 0. The molecule has 0 saturated heterocycles. The van der Waals surface area contributed by atoms with Crippen LogP contribution in [0.15, 0.2) is 60.7 Å². The number of rotatable bonds is 2. The van der Waals surface area contributed by atoms with Gasteiger partial charge in [0, 0.05) is 5.56 Å². The predicted molar refractivity (Wildman–Crippen MR) is 79.5 cm³/mol. The third-order valence-corrected chi connectivity index (χ3v) is 3.45. The molecular formula is C18H14O. The Morgan fingerprint density at radius 3 is 2.37 bits per heavy atom. The van der Waals surface area contributed by atoms with Gasteiger partial charge in [-0.15, -0.1) is 0 Å². The molecule has 0 aliphatic heterocycles. The molecular weight excluding hydrogens is 232 g/mol. The summed E-state index contributed by atoms with van der Waals surface area (Å²) < 4.78 is 0. The Balaban J connectivity index is 2.16. The van der Waals surface area contributed by atoms with Crippen LogP contribution in [0.3, 0.4) is 0 Å². The van der Waals surface area contributed by atoms with Crippen molar-refractivity contribution < 1.29 is 4.79 Å². The maximum Gasteiger partial charge on any atom is 0.150 e. The maximum absolute atomic E-state index is 10.8. The number of carbonyl (C=O) groups excluding carboxylic acids is 1. The molecule has 3 aromatic rings. The van der Waals surface area contributed by atoms with Gasteiger partial charge >= 0.3 is 0 Å². The van der Waals surface area contributed by atoms with Crippen LogP contribution in [0, 0.1) is 6.92 Å². The first kappa shape index (κ1) is 11.7. The van der Waals surface area contributed by atoms with E-state index < -0.39 is 0 Å². The van der Waals surface area contributed by atoms with E-state index in [2.05, 4.69) is 36.4 Å². The Morgan fingerprint density at radius 2 is 1.63 bits per heavy atom. The van der Waals surface area contributed by atoms with Crippen molar-refractivity contribution in [3.8, 4) is 11.1 Å². The molecule has 92 valence electrons. The first-order valence-corrected chi connectivity index (χ1v) is 6.33. The van der Waals surface area contributed by atoms with Gasteiger partial charge in [-0.3, -0.25) is 4.79 Å². The van der Waals surface area contributed by atoms with E-state index in [-0.39, 0.29) is 0 Å². The van der Waals surface area contributed by atoms with E-state index in [0.29, 0.717) is 0 Å². The normalized spacial score (nSPS) is 10.6. The van der Waals surface area contributed by atoms with Crippen LogP contribution in [0.5, 0.6) is 0 Å². The van der Waals surface area contributed by atoms with E-state index in [1.54, 1.807) is 0 Å². The standard InChI is InChI=1S/C18H14O/c1-13-10-14(12-19)6-9-18(13)17-8-7-15-4-2-3-5-16(15)11-17/h2-12H,1H3. The number of fused-ring (bicyclic) bond motifs is 1. The van der Waals surface area contributed by atoms with Gasteiger partial charge in [-0.25, -0.2) is 0 Å². The van der Waals surface area contributed by atoms with Crippen LogP contribution < -0.4 is 0 Å². The van der Waals surface area contributed by atoms with Crippen molar-refractivity contribution in [2.24, 2.45) is 0 Å². The monoisotopic (exact) mass is 246 g/mol. The minimum atomic E-state index is 0.724. The molecule has 0 aliphatic carbocycles. The second-order valence-electron chi connectivity index (χ2n) is 4.75. The van der Waals surface area contributed by atoms with Gasteiger partial charge in [-0.2, -0.15) is 0 Å². The second kappa shape index (κ2) is 4.69. The smallest absolute Gasteiger partial charge is 0.150 e. The second-order valence-corrected chi connectivity index (χ2v) is 4.75. The zero-order chi connectivity index (χ0) is 13.2. The van der Waals surface area contributed by atoms with Gasteiger partial charge in [-0.05, 0) is 46.5 Å². The van der Waals surface area contributed by atoms with E-state index in [0.717, 1.165) is 17.4 Å². The molecule has 0 atom stereocenters. The number of aryl methyl sites for hydroxylation is 1. The first-order chi connectivity index (χ1) is 9.28. The summed E-state index contributed by atoms with van der Waals surface area (Å²) in [6, 6.07) is 20.6. The number of hydrogen-bond acceptors (Lipinski definition) is 1. The fraction of sp³-hybridized carbons (Fsp3) is 0.0556. The molecule has 19 heavy (non-hydrogen) atoms. The molecule has 0 spiro atoms. The highest BCUT2D eigenvalue weighted by atomic mass is 16.1. The van der Waals surface area contributed by atoms with Crippen molar-refractivity contribution in [1.82, 2.24) is 0 Å². The lowest BCUT2D eigenvalue weighted by Crippen LogP contribution is -1.87. The van der Waals surface area contributed by atoms with Gasteiger partial charge < -0.3 is 0 Å². The van der Waals surface area contributed by atoms with Crippen LogP contribution in [0.1, 0.15) is 15.9 Å². The van der Waals surface area contributed by atoms with Crippen molar-refractivity contribution in [2.75, 3.05) is 0 Å². The maximum atomic E-state index is 10.8. The molecule has 0 aliphatic rings. The molecule has 0 N–H and O–H groups in total. The van der Waals surface area contributed by atoms with E-state index >= 15 is 0 Å². The lowest BCUT2D eigenvalue weighted by molar-refractivity contribution is 0.112. The summed E-state index contributed by atoms with van der Waals surface area (Å²) in [4.78, 5) is 10.8. The van der Waals surface area contributed by atoms with Crippen molar-refractivity contribution >= 4 is 17.1 Å². The summed E-state index contributed by atoms with van der Waals surface area (Å²) in [6.45, 7) is 2.04. The van der Waals surface area contributed by atoms with Crippen LogP contribution in [0.25, 0.3) is 21.9 Å². The number of hydrogen-bond donors (Lipinski definition) is 0. The summed E-state index contributed by atoms with van der Waals surface area (Å²) in [7, 11) is 0. The molecule has 0 unspecified atom stereocenters. The van der Waals surface area contributed by atoms with Gasteiger partial charge in [0.05, 0.1) is 0 Å². The number of aldehydes is 1. The van der Waals surface area contributed by atoms with E-state index in [9.17, 15) is 4.79 Å². The zero-order valence-electron chi connectivity index (χ0n) is 10.8. The molecule has 0 heterocycles. The van der Waals surface area contributed by atoms with Crippen molar-refractivity contribution in [2.45, 2.75) is 6.92 Å². The van der Waals surface area contributed by atoms with E-state index in [4.69, 9.17) is 0 Å². The van der Waals surface area contributed by atoms with E-state index in [1.807, 2.05) is 31.2 Å². The molecule has 3 aromatic carbocycles. The van der Waals surface area contributed by atoms with Crippen LogP contribution in [0.2, 0.25) is 0 Å². The minimum Gasteiger partial charge on any atom is -0.298 e. The van der Waals surface area contributed by atoms with Gasteiger partial charge in [0.25, 0.3) is 0 Å². The predicted octanol–water partition coefficient (Wildman–Crippen LogP) is 4.63. The molecule has 0 amide bonds. The Hall–Kier alpha value is -2.41. The average molecular weight is 246 g/mol. The summed E-state index contributed by atoms with van der Waals surface area (Å²) in [5.41, 5.74) is 4.21. The Morgan fingerprint density at radius 1 is 0.842 bits per heavy atom. The fourth-order valence-corrected chi connectivity index (χ4v) is 2.44. The van der Waals surface area contributed by atoms with E-state index in [1.165, 1.54) is 21.9 Å². The highest BCUT2D eigenvalue weighted by Gasteiger charge is 2.04. The quantitative estimate of drug-likeness (QED) is 0.602. The molecule has 0 saturated carbocycles. The highest BCUT2D eigenvalue weighted by Crippen LogP contribution is 2.27. The lowest BCUT2D eigenvalue weighted by Gasteiger charge is -2.08. The Bertz CT molecular complexity index is 756. The molecule has 1 nitrogen and oxygen atoms in total. The highest BCUT2D eigenvalue weighted by molar-refractivity contribution is 5.88. The van der Waals surface area contributed by atoms with Crippen LogP contribution in [0.4, 0.5) is 0 Å². The van der Waals surface area contributed by atoms with Crippen molar-refractivity contribution in [3.63, 3.8) is 0 Å². The minimum absolute atomic E-state index is 0.724.